The highest BCUT2D eigenvalue weighted by Gasteiger charge is 2.17. The third kappa shape index (κ3) is 7.16. The smallest absolute Gasteiger partial charge is 0.258 e. The molecule has 0 rings (SSSR count). The van der Waals surface area contributed by atoms with E-state index in [9.17, 15) is 9.59 Å². The van der Waals surface area contributed by atoms with Crippen LogP contribution in [0.2, 0.25) is 0 Å². The van der Waals surface area contributed by atoms with Crippen LogP contribution in [-0.4, -0.2) is 31.5 Å². The molecule has 0 fully saturated rings. The lowest BCUT2D eigenvalue weighted by Crippen LogP contribution is -2.46. The van der Waals surface area contributed by atoms with Crippen molar-refractivity contribution in [1.82, 2.24) is 10.6 Å². The number of carbonyl (C=O) groups excluding carboxylic acids is 2. The van der Waals surface area contributed by atoms with Crippen LogP contribution in [-0.2, 0) is 14.3 Å². The van der Waals surface area contributed by atoms with Crippen LogP contribution in [0.1, 0.15) is 19.8 Å². The number of nitrogens with one attached hydrogen (secondary N) is 2. The van der Waals surface area contributed by atoms with Gasteiger partial charge in [-0.05, 0) is 12.8 Å². The fourth-order valence-corrected chi connectivity index (χ4v) is 1.18. The summed E-state index contributed by atoms with van der Waals surface area (Å²) in [6, 6.07) is -0.566. The second-order valence-corrected chi connectivity index (χ2v) is 3.33. The molecule has 17 heavy (non-hydrogen) atoms. The Balaban J connectivity index is 4.27. The second kappa shape index (κ2) is 9.45. The van der Waals surface area contributed by atoms with Crippen molar-refractivity contribution in [2.45, 2.75) is 25.8 Å². The molecule has 5 nitrogen and oxygen atoms in total. The molecule has 5 heteroatoms. The number of hydrogen-bond acceptors (Lipinski definition) is 3. The first-order valence-corrected chi connectivity index (χ1v) is 5.54. The molecule has 96 valence electrons. The lowest BCUT2D eigenvalue weighted by molar-refractivity contribution is -0.130. The van der Waals surface area contributed by atoms with Crippen LogP contribution in [0.25, 0.3) is 0 Å². The van der Waals surface area contributed by atoms with Crippen LogP contribution in [0.5, 0.6) is 0 Å². The van der Waals surface area contributed by atoms with Gasteiger partial charge in [0.05, 0.1) is 6.26 Å². The van der Waals surface area contributed by atoms with E-state index < -0.39 is 6.04 Å². The number of carbonyl (C=O) groups is 2. The van der Waals surface area contributed by atoms with E-state index >= 15 is 0 Å². The quantitative estimate of drug-likeness (QED) is 0.485. The number of likely N-dealkylation sites (N-methyl/N-ethyl adjacent to an activating group) is 1. The van der Waals surface area contributed by atoms with Gasteiger partial charge in [-0.1, -0.05) is 25.7 Å². The van der Waals surface area contributed by atoms with Crippen LogP contribution in [0, 0.1) is 0 Å². The Hall–Kier alpha value is -1.78. The highest BCUT2D eigenvalue weighted by atomic mass is 16.5. The van der Waals surface area contributed by atoms with Gasteiger partial charge in [-0.2, -0.15) is 0 Å². The van der Waals surface area contributed by atoms with Gasteiger partial charge in [0, 0.05) is 7.05 Å². The molecule has 0 radical (unpaired) electrons. The minimum absolute atomic E-state index is 0.130. The third-order valence-electron chi connectivity index (χ3n) is 2.00. The van der Waals surface area contributed by atoms with Crippen LogP contribution in [0.3, 0.4) is 0 Å². The van der Waals surface area contributed by atoms with Gasteiger partial charge in [0.2, 0.25) is 5.91 Å². The molecule has 0 heterocycles. The summed E-state index contributed by atoms with van der Waals surface area (Å²) in [4.78, 5) is 22.9. The average Bonchev–Trinajstić information content (AvgIpc) is 2.34. The summed E-state index contributed by atoms with van der Waals surface area (Å²) in [5.74, 6) is -0.568. The molecule has 0 spiro atoms. The average molecular weight is 240 g/mol. The maximum Gasteiger partial charge on any atom is 0.258 e. The number of rotatable bonds is 8. The molecule has 0 aliphatic rings. The molecular weight excluding hydrogens is 220 g/mol. The van der Waals surface area contributed by atoms with Gasteiger partial charge in [-0.25, -0.2) is 0 Å². The van der Waals surface area contributed by atoms with Gasteiger partial charge < -0.3 is 15.4 Å². The maximum atomic E-state index is 11.5. The first kappa shape index (κ1) is 15.2. The summed E-state index contributed by atoms with van der Waals surface area (Å²) in [5.41, 5.74) is 0. The number of amides is 2. The van der Waals surface area contributed by atoms with E-state index in [1.54, 1.807) is 0 Å². The van der Waals surface area contributed by atoms with Gasteiger partial charge in [0.15, 0.2) is 6.61 Å². The van der Waals surface area contributed by atoms with Crippen molar-refractivity contribution in [3.8, 4) is 0 Å². The van der Waals surface area contributed by atoms with Crippen molar-refractivity contribution in [3.05, 3.63) is 25.0 Å². The summed E-state index contributed by atoms with van der Waals surface area (Å²) < 4.78 is 4.74. The number of hydrogen-bond donors (Lipinski definition) is 2. The Morgan fingerprint density at radius 2 is 2.12 bits per heavy atom. The van der Waals surface area contributed by atoms with Crippen molar-refractivity contribution in [2.24, 2.45) is 0 Å². The Morgan fingerprint density at radius 3 is 2.65 bits per heavy atom. The summed E-state index contributed by atoms with van der Waals surface area (Å²) in [6.45, 7) is 5.20. The third-order valence-corrected chi connectivity index (χ3v) is 2.00. The highest BCUT2D eigenvalue weighted by molar-refractivity contribution is 5.88. The highest BCUT2D eigenvalue weighted by Crippen LogP contribution is 1.96. The van der Waals surface area contributed by atoms with Crippen LogP contribution < -0.4 is 10.6 Å². The zero-order valence-corrected chi connectivity index (χ0v) is 10.4. The Kier molecular flexibility index (Phi) is 8.46. The van der Waals surface area contributed by atoms with Crippen molar-refractivity contribution in [1.29, 1.82) is 0 Å². The Morgan fingerprint density at radius 1 is 1.41 bits per heavy atom. The normalized spacial score (nSPS) is 11.9. The van der Waals surface area contributed by atoms with Crippen LogP contribution in [0.4, 0.5) is 0 Å². The molecule has 2 amide bonds. The van der Waals surface area contributed by atoms with E-state index in [0.29, 0.717) is 6.42 Å². The topological polar surface area (TPSA) is 67.4 Å². The van der Waals surface area contributed by atoms with E-state index in [2.05, 4.69) is 17.2 Å². The molecule has 0 aliphatic heterocycles. The summed E-state index contributed by atoms with van der Waals surface area (Å²) in [7, 11) is 1.53. The first-order valence-electron chi connectivity index (χ1n) is 5.54. The minimum Gasteiger partial charge on any atom is -0.492 e. The van der Waals surface area contributed by atoms with Crippen LogP contribution in [0.15, 0.2) is 25.0 Å². The van der Waals surface area contributed by atoms with E-state index in [0.717, 1.165) is 6.42 Å². The van der Waals surface area contributed by atoms with E-state index in [1.807, 2.05) is 19.1 Å². The van der Waals surface area contributed by atoms with E-state index in [4.69, 9.17) is 4.74 Å². The molecule has 0 aromatic rings. The molecule has 2 N–H and O–H groups in total. The van der Waals surface area contributed by atoms with Gasteiger partial charge in [-0.3, -0.25) is 9.59 Å². The van der Waals surface area contributed by atoms with Crippen LogP contribution >= 0.6 is 0 Å². The van der Waals surface area contributed by atoms with Crippen molar-refractivity contribution < 1.29 is 14.3 Å². The molecule has 0 aromatic heterocycles. The summed E-state index contributed by atoms with van der Waals surface area (Å²) in [6.07, 6.45) is 6.36. The largest absolute Gasteiger partial charge is 0.492 e. The van der Waals surface area contributed by atoms with Crippen molar-refractivity contribution in [3.63, 3.8) is 0 Å². The van der Waals surface area contributed by atoms with Gasteiger partial charge >= 0.3 is 0 Å². The lowest BCUT2D eigenvalue weighted by atomic mass is 10.1. The molecule has 0 saturated carbocycles. The van der Waals surface area contributed by atoms with E-state index in [-0.39, 0.29) is 18.4 Å². The molecular formula is C12H20N2O3. The summed E-state index contributed by atoms with van der Waals surface area (Å²) in [5, 5.41) is 5.09. The standard InChI is InChI=1S/C12H20N2O3/c1-4-6-7-8-10(12(16)13-3)14-11(15)9-17-5-2/h5-7,10H,2,4,8-9H2,1,3H3,(H,13,16)(H,14,15)/b7-6+/t10-/m0/s1. The van der Waals surface area contributed by atoms with Crippen molar-refractivity contribution in [2.75, 3.05) is 13.7 Å². The zero-order chi connectivity index (χ0) is 13.1. The second-order valence-electron chi connectivity index (χ2n) is 3.33. The monoisotopic (exact) mass is 240 g/mol. The molecule has 0 aliphatic carbocycles. The summed E-state index contributed by atoms with van der Waals surface area (Å²) >= 11 is 0. The van der Waals surface area contributed by atoms with Crippen molar-refractivity contribution >= 4 is 11.8 Å². The van der Waals surface area contributed by atoms with Gasteiger partial charge in [0.1, 0.15) is 6.04 Å². The number of ether oxygens (including phenoxy) is 1. The minimum atomic E-state index is -0.566. The Bertz CT molecular complexity index is 287. The van der Waals surface area contributed by atoms with E-state index in [1.165, 1.54) is 13.3 Å². The predicted octanol–water partition coefficient (Wildman–Crippen LogP) is 0.734. The predicted molar refractivity (Wildman–Crippen MR) is 66.2 cm³/mol. The molecule has 0 unspecified atom stereocenters. The molecule has 1 atom stereocenters. The fourth-order valence-electron chi connectivity index (χ4n) is 1.18. The lowest BCUT2D eigenvalue weighted by Gasteiger charge is -2.15. The SMILES string of the molecule is C=COCC(=O)N[C@@H](C/C=C/CC)C(=O)NC. The fraction of sp³-hybridized carbons (Fsp3) is 0.500. The molecule has 0 aromatic carbocycles. The molecule has 0 bridgehead atoms. The van der Waals surface area contributed by atoms with Gasteiger partial charge in [-0.15, -0.1) is 0 Å². The zero-order valence-electron chi connectivity index (χ0n) is 10.4. The first-order chi connectivity index (χ1) is 8.15. The maximum absolute atomic E-state index is 11.5. The van der Waals surface area contributed by atoms with Gasteiger partial charge in [0.25, 0.3) is 5.91 Å². The number of allylic oxidation sites excluding steroid dienone is 1. The Labute approximate surface area is 102 Å². The molecule has 0 saturated heterocycles.